The van der Waals surface area contributed by atoms with Crippen molar-refractivity contribution in [2.75, 3.05) is 0 Å². The quantitative estimate of drug-likeness (QED) is 0.657. The molecule has 0 spiro atoms. The van der Waals surface area contributed by atoms with E-state index in [4.69, 9.17) is 0 Å². The summed E-state index contributed by atoms with van der Waals surface area (Å²) in [5.74, 6) is 4.91. The van der Waals surface area contributed by atoms with Crippen molar-refractivity contribution in [1.82, 2.24) is 15.0 Å². The van der Waals surface area contributed by atoms with E-state index in [0.717, 1.165) is 36.0 Å². The number of Topliss-reactive ketones (excluding diaryl/α,β-unsaturated/α-hetero) is 1. The minimum absolute atomic E-state index is 0.185. The first-order chi connectivity index (χ1) is 13.8. The summed E-state index contributed by atoms with van der Waals surface area (Å²) in [5.41, 5.74) is 0.746. The number of hydrogen-bond acceptors (Lipinski definition) is 3. The lowest BCUT2D eigenvalue weighted by atomic mass is 9.44. The number of rotatable bonds is 3. The molecule has 4 aliphatic carbocycles. The molecule has 1 aromatic heterocycles. The van der Waals surface area contributed by atoms with Gasteiger partial charge in [0.05, 0.1) is 12.4 Å². The van der Waals surface area contributed by atoms with Crippen LogP contribution in [0.4, 0.5) is 0 Å². The Bertz CT molecular complexity index is 760. The van der Waals surface area contributed by atoms with Crippen molar-refractivity contribution in [1.29, 1.82) is 0 Å². The number of fused-ring (bicyclic) bond motifs is 5. The Morgan fingerprint density at radius 2 is 1.66 bits per heavy atom. The second-order valence-electron chi connectivity index (χ2n) is 11.6. The molecule has 5 rings (SSSR count). The van der Waals surface area contributed by atoms with Gasteiger partial charge in [0.2, 0.25) is 0 Å². The molecule has 29 heavy (non-hydrogen) atoms. The molecule has 0 bridgehead atoms. The zero-order valence-corrected chi connectivity index (χ0v) is 18.8. The van der Waals surface area contributed by atoms with Crippen LogP contribution in [-0.2, 0) is 4.79 Å². The predicted octanol–water partition coefficient (Wildman–Crippen LogP) is 5.70. The van der Waals surface area contributed by atoms with Gasteiger partial charge in [0.15, 0.2) is 5.78 Å². The number of aromatic nitrogens is 3. The normalized spacial score (nSPS) is 47.7. The van der Waals surface area contributed by atoms with Crippen molar-refractivity contribution in [3.05, 3.63) is 12.4 Å². The fraction of sp³-hybridized carbons (Fsp3) is 0.880. The Morgan fingerprint density at radius 3 is 2.41 bits per heavy atom. The van der Waals surface area contributed by atoms with Crippen LogP contribution in [0.15, 0.2) is 12.4 Å². The lowest BCUT2D eigenvalue weighted by Crippen LogP contribution is -2.54. The van der Waals surface area contributed by atoms with Crippen LogP contribution in [0.5, 0.6) is 0 Å². The number of carbonyl (C=O) groups excluding carboxylic acids is 1. The largest absolute Gasteiger partial charge is 0.297 e. The standard InChI is InChI=1S/C25H39N3O/c1-16-9-11-24(3)18(15-16)5-6-19-20-7-8-22(25(20,4)12-10-21(19)24)23(29)17(2)28-26-13-14-27-28/h13-14,16-22H,5-12,15H2,1-4H3/t16?,17?,18?,19?,20?,21?,22-,24?,25?/m1/s1. The third kappa shape index (κ3) is 2.87. The Hall–Kier alpha value is -1.19. The lowest BCUT2D eigenvalue weighted by molar-refractivity contribution is -0.139. The molecule has 4 heteroatoms. The number of hydrogen-bond donors (Lipinski definition) is 0. The first-order valence-electron chi connectivity index (χ1n) is 12.2. The maximum atomic E-state index is 13.5. The second kappa shape index (κ2) is 6.92. The predicted molar refractivity (Wildman–Crippen MR) is 114 cm³/mol. The fourth-order valence-electron chi connectivity index (χ4n) is 8.77. The molecule has 0 amide bonds. The van der Waals surface area contributed by atoms with Gasteiger partial charge in [-0.05, 0) is 98.7 Å². The van der Waals surface area contributed by atoms with Gasteiger partial charge in [-0.3, -0.25) is 4.79 Å². The minimum atomic E-state index is -0.239. The molecule has 0 aromatic carbocycles. The number of ketones is 1. The average molecular weight is 398 g/mol. The van der Waals surface area contributed by atoms with E-state index in [1.807, 2.05) is 6.92 Å². The van der Waals surface area contributed by atoms with Gasteiger partial charge in [-0.2, -0.15) is 15.0 Å². The molecule has 0 N–H and O–H groups in total. The van der Waals surface area contributed by atoms with Crippen molar-refractivity contribution >= 4 is 5.78 Å². The molecular weight excluding hydrogens is 358 g/mol. The highest BCUT2D eigenvalue weighted by molar-refractivity contribution is 5.85. The lowest BCUT2D eigenvalue weighted by Gasteiger charge is -2.61. The molecule has 4 fully saturated rings. The summed E-state index contributed by atoms with van der Waals surface area (Å²) in [6, 6.07) is -0.239. The molecule has 1 aromatic rings. The fourth-order valence-corrected chi connectivity index (χ4v) is 8.77. The monoisotopic (exact) mass is 397 g/mol. The van der Waals surface area contributed by atoms with Crippen molar-refractivity contribution < 1.29 is 4.79 Å². The van der Waals surface area contributed by atoms with Gasteiger partial charge < -0.3 is 0 Å². The highest BCUT2D eigenvalue weighted by atomic mass is 16.1. The molecule has 4 nitrogen and oxygen atoms in total. The molecule has 1 heterocycles. The van der Waals surface area contributed by atoms with Crippen LogP contribution in [-0.4, -0.2) is 20.8 Å². The maximum absolute atomic E-state index is 13.5. The summed E-state index contributed by atoms with van der Waals surface area (Å²) in [6.07, 6.45) is 15.4. The van der Waals surface area contributed by atoms with Crippen molar-refractivity contribution in [2.45, 2.75) is 91.5 Å². The number of carbonyl (C=O) groups is 1. The molecular formula is C25H39N3O. The summed E-state index contributed by atoms with van der Waals surface area (Å²) in [6.45, 7) is 9.56. The smallest absolute Gasteiger partial charge is 0.162 e. The third-order valence-electron chi connectivity index (χ3n) is 10.5. The van der Waals surface area contributed by atoms with E-state index in [2.05, 4.69) is 31.0 Å². The van der Waals surface area contributed by atoms with Crippen LogP contribution in [0, 0.1) is 46.3 Å². The molecule has 8 unspecified atom stereocenters. The summed E-state index contributed by atoms with van der Waals surface area (Å²) in [7, 11) is 0. The van der Waals surface area contributed by atoms with E-state index in [1.54, 1.807) is 17.2 Å². The van der Waals surface area contributed by atoms with Crippen LogP contribution in [0.2, 0.25) is 0 Å². The van der Waals surface area contributed by atoms with Gasteiger partial charge in [-0.15, -0.1) is 0 Å². The van der Waals surface area contributed by atoms with E-state index >= 15 is 0 Å². The van der Waals surface area contributed by atoms with Crippen LogP contribution in [0.1, 0.15) is 91.5 Å². The zero-order chi connectivity index (χ0) is 20.4. The molecule has 0 saturated heterocycles. The second-order valence-corrected chi connectivity index (χ2v) is 11.6. The van der Waals surface area contributed by atoms with Gasteiger partial charge in [-0.1, -0.05) is 27.2 Å². The van der Waals surface area contributed by atoms with Gasteiger partial charge in [0, 0.05) is 5.92 Å². The zero-order valence-electron chi connectivity index (χ0n) is 18.8. The van der Waals surface area contributed by atoms with Crippen molar-refractivity contribution in [2.24, 2.45) is 46.3 Å². The van der Waals surface area contributed by atoms with Crippen LogP contribution in [0.3, 0.4) is 0 Å². The van der Waals surface area contributed by atoms with Gasteiger partial charge >= 0.3 is 0 Å². The Labute approximate surface area is 176 Å². The van der Waals surface area contributed by atoms with E-state index in [-0.39, 0.29) is 17.4 Å². The Balaban J connectivity index is 1.38. The topological polar surface area (TPSA) is 47.8 Å². The highest BCUT2D eigenvalue weighted by Crippen LogP contribution is 2.68. The van der Waals surface area contributed by atoms with Gasteiger partial charge in [0.1, 0.15) is 6.04 Å². The van der Waals surface area contributed by atoms with Crippen LogP contribution < -0.4 is 0 Å². The summed E-state index contributed by atoms with van der Waals surface area (Å²) >= 11 is 0. The Kier molecular flexibility index (Phi) is 4.71. The van der Waals surface area contributed by atoms with E-state index in [0.29, 0.717) is 11.2 Å². The molecule has 4 saturated carbocycles. The number of nitrogens with zero attached hydrogens (tertiary/aromatic N) is 3. The summed E-state index contributed by atoms with van der Waals surface area (Å²) < 4.78 is 0. The maximum Gasteiger partial charge on any atom is 0.162 e. The van der Waals surface area contributed by atoms with E-state index < -0.39 is 0 Å². The first-order valence-corrected chi connectivity index (χ1v) is 12.2. The van der Waals surface area contributed by atoms with Crippen molar-refractivity contribution in [3.8, 4) is 0 Å². The third-order valence-corrected chi connectivity index (χ3v) is 10.5. The molecule has 4 aliphatic rings. The molecule has 160 valence electrons. The highest BCUT2D eigenvalue weighted by Gasteiger charge is 2.61. The summed E-state index contributed by atoms with van der Waals surface area (Å²) in [4.78, 5) is 15.1. The minimum Gasteiger partial charge on any atom is -0.297 e. The van der Waals surface area contributed by atoms with Gasteiger partial charge in [0.25, 0.3) is 0 Å². The SMILES string of the molecule is CC1CCC2(C)C(CCC3C2CCC2(C)C3CC[C@@H]2C(=O)C(C)n2nccn2)C1. The average Bonchev–Trinajstić information content (AvgIpc) is 3.35. The molecule has 9 atom stereocenters. The summed E-state index contributed by atoms with van der Waals surface area (Å²) in [5, 5.41) is 8.49. The van der Waals surface area contributed by atoms with Crippen molar-refractivity contribution in [3.63, 3.8) is 0 Å². The van der Waals surface area contributed by atoms with Crippen LogP contribution >= 0.6 is 0 Å². The van der Waals surface area contributed by atoms with E-state index in [9.17, 15) is 4.79 Å². The first kappa shape index (κ1) is 19.8. The van der Waals surface area contributed by atoms with E-state index in [1.165, 1.54) is 51.4 Å². The Morgan fingerprint density at radius 1 is 0.966 bits per heavy atom. The van der Waals surface area contributed by atoms with Gasteiger partial charge in [-0.25, -0.2) is 0 Å². The molecule has 0 aliphatic heterocycles. The molecule has 0 radical (unpaired) electrons. The van der Waals surface area contributed by atoms with Crippen LogP contribution in [0.25, 0.3) is 0 Å².